The molecule has 11 heteroatoms. The van der Waals surface area contributed by atoms with E-state index in [1.807, 2.05) is 27.7 Å². The van der Waals surface area contributed by atoms with E-state index in [2.05, 4.69) is 10.0 Å². The molecule has 2 aromatic rings. The minimum absolute atomic E-state index is 0.0461. The lowest BCUT2D eigenvalue weighted by Crippen LogP contribution is -2.52. The highest BCUT2D eigenvalue weighted by Gasteiger charge is 2.30. The number of likely N-dealkylation sites (N-methyl/N-ethyl adjacent to an activating group) is 1. The van der Waals surface area contributed by atoms with Gasteiger partial charge >= 0.3 is 6.03 Å². The quantitative estimate of drug-likeness (QED) is 0.594. The van der Waals surface area contributed by atoms with E-state index >= 15 is 0 Å². The summed E-state index contributed by atoms with van der Waals surface area (Å²) >= 11 is 0. The third-order valence-electron chi connectivity index (χ3n) is 6.43. The molecule has 208 valence electrons. The van der Waals surface area contributed by atoms with E-state index in [0.717, 1.165) is 0 Å². The lowest BCUT2D eigenvalue weighted by atomic mass is 10.0. The second-order valence-electron chi connectivity index (χ2n) is 9.98. The summed E-state index contributed by atoms with van der Waals surface area (Å²) in [6.45, 7) is 8.43. The fourth-order valence-electron chi connectivity index (χ4n) is 4.26. The highest BCUT2D eigenvalue weighted by Crippen LogP contribution is 2.28. The van der Waals surface area contributed by atoms with Crippen molar-refractivity contribution in [1.82, 2.24) is 15.1 Å². The zero-order chi connectivity index (χ0) is 28.0. The second kappa shape index (κ2) is 12.5. The molecule has 10 nitrogen and oxygen atoms in total. The monoisotopic (exact) mass is 546 g/mol. The molecule has 0 fully saturated rings. The summed E-state index contributed by atoms with van der Waals surface area (Å²) < 4.78 is 40.1. The van der Waals surface area contributed by atoms with Crippen LogP contribution < -0.4 is 14.8 Å². The Bertz CT molecular complexity index is 1220. The molecule has 0 aromatic heterocycles. The van der Waals surface area contributed by atoms with E-state index in [9.17, 15) is 18.0 Å². The number of benzene rings is 2. The number of nitrogens with one attached hydrogen (secondary N) is 2. The van der Waals surface area contributed by atoms with E-state index in [-0.39, 0.29) is 64.5 Å². The van der Waals surface area contributed by atoms with Gasteiger partial charge in [-0.1, -0.05) is 25.1 Å². The van der Waals surface area contributed by atoms with Crippen molar-refractivity contribution < 1.29 is 27.5 Å². The maximum atomic E-state index is 13.4. The van der Waals surface area contributed by atoms with Crippen LogP contribution in [-0.4, -0.2) is 82.2 Å². The van der Waals surface area contributed by atoms with Crippen LogP contribution in [0.2, 0.25) is 0 Å². The van der Waals surface area contributed by atoms with Crippen molar-refractivity contribution in [3.8, 4) is 5.75 Å². The molecule has 1 heterocycles. The first-order valence-electron chi connectivity index (χ1n) is 12.6. The number of fused-ring (bicyclic) bond motifs is 1. The van der Waals surface area contributed by atoms with E-state index in [1.54, 1.807) is 48.2 Å². The molecule has 3 amide bonds. The number of sulfonamides is 1. The van der Waals surface area contributed by atoms with Gasteiger partial charge < -0.3 is 24.6 Å². The van der Waals surface area contributed by atoms with Crippen LogP contribution in [0.15, 0.2) is 53.4 Å². The standard InChI is InChI=1S/C27H38N4O6S/c1-18(2)28-27(33)31-15-19(3)25(36-6)16-30(5)26(32)23-13-12-21(14-24(23)37-17-20(31)4)29-38(34,35)22-10-8-7-9-11-22/h7-14,18-20,25,29H,15-17H2,1-6H3,(H,28,33)/t19-,20+,25+/m1/s1. The number of ether oxygens (including phenoxy) is 2. The van der Waals surface area contributed by atoms with Crippen molar-refractivity contribution in [2.45, 2.75) is 50.8 Å². The molecule has 3 rings (SSSR count). The van der Waals surface area contributed by atoms with Crippen LogP contribution in [0.5, 0.6) is 5.75 Å². The van der Waals surface area contributed by atoms with Gasteiger partial charge in [-0.15, -0.1) is 0 Å². The lowest BCUT2D eigenvalue weighted by Gasteiger charge is -2.36. The summed E-state index contributed by atoms with van der Waals surface area (Å²) in [4.78, 5) is 29.8. The number of methoxy groups -OCH3 is 1. The number of urea groups is 1. The molecule has 1 aliphatic rings. The van der Waals surface area contributed by atoms with Gasteiger partial charge in [-0.25, -0.2) is 13.2 Å². The minimum Gasteiger partial charge on any atom is -0.491 e. The molecule has 2 N–H and O–H groups in total. The number of carbonyl (C=O) groups is 2. The van der Waals surface area contributed by atoms with Crippen LogP contribution >= 0.6 is 0 Å². The Morgan fingerprint density at radius 1 is 1.11 bits per heavy atom. The van der Waals surface area contributed by atoms with Crippen LogP contribution in [-0.2, 0) is 14.8 Å². The van der Waals surface area contributed by atoms with Gasteiger partial charge in [0.1, 0.15) is 12.4 Å². The molecule has 0 unspecified atom stereocenters. The molecule has 3 atom stereocenters. The molecule has 38 heavy (non-hydrogen) atoms. The van der Waals surface area contributed by atoms with Crippen LogP contribution in [0.1, 0.15) is 38.1 Å². The zero-order valence-corrected chi connectivity index (χ0v) is 23.6. The highest BCUT2D eigenvalue weighted by atomic mass is 32.2. The Hall–Kier alpha value is -3.31. The molecule has 0 aliphatic carbocycles. The van der Waals surface area contributed by atoms with Crippen molar-refractivity contribution in [2.24, 2.45) is 5.92 Å². The van der Waals surface area contributed by atoms with E-state index in [0.29, 0.717) is 13.1 Å². The lowest BCUT2D eigenvalue weighted by molar-refractivity contribution is 0.0165. The normalized spacial score (nSPS) is 21.1. The van der Waals surface area contributed by atoms with Crippen LogP contribution in [0.3, 0.4) is 0 Å². The van der Waals surface area contributed by atoms with Crippen molar-refractivity contribution in [3.63, 3.8) is 0 Å². The predicted molar refractivity (Wildman–Crippen MR) is 146 cm³/mol. The maximum Gasteiger partial charge on any atom is 0.317 e. The van der Waals surface area contributed by atoms with Crippen LogP contribution in [0, 0.1) is 5.92 Å². The Kier molecular flexibility index (Phi) is 9.61. The topological polar surface area (TPSA) is 117 Å². The van der Waals surface area contributed by atoms with Crippen molar-refractivity contribution in [3.05, 3.63) is 54.1 Å². The number of carbonyl (C=O) groups excluding carboxylic acids is 2. The van der Waals surface area contributed by atoms with Gasteiger partial charge in [0.15, 0.2) is 0 Å². The average Bonchev–Trinajstić information content (AvgIpc) is 2.87. The molecule has 0 radical (unpaired) electrons. The molecular formula is C27H38N4O6S. The summed E-state index contributed by atoms with van der Waals surface area (Å²) in [7, 11) is -0.574. The van der Waals surface area contributed by atoms with Crippen LogP contribution in [0.4, 0.5) is 10.5 Å². The molecule has 0 saturated carbocycles. The van der Waals surface area contributed by atoms with Gasteiger partial charge in [0.05, 0.1) is 28.3 Å². The minimum atomic E-state index is -3.84. The third kappa shape index (κ3) is 7.16. The number of nitrogens with zero attached hydrogens (tertiary/aromatic N) is 2. The third-order valence-corrected chi connectivity index (χ3v) is 7.82. The summed E-state index contributed by atoms with van der Waals surface area (Å²) in [6.07, 6.45) is -0.314. The zero-order valence-electron chi connectivity index (χ0n) is 22.8. The highest BCUT2D eigenvalue weighted by molar-refractivity contribution is 7.92. The van der Waals surface area contributed by atoms with Gasteiger partial charge in [-0.3, -0.25) is 9.52 Å². The molecular weight excluding hydrogens is 508 g/mol. The van der Waals surface area contributed by atoms with Gasteiger partial charge in [0.25, 0.3) is 15.9 Å². The number of amides is 3. The fraction of sp³-hybridized carbons (Fsp3) is 0.481. The first-order valence-corrected chi connectivity index (χ1v) is 14.1. The first-order chi connectivity index (χ1) is 17.9. The first kappa shape index (κ1) is 29.2. The Morgan fingerprint density at radius 3 is 2.42 bits per heavy atom. The van der Waals surface area contributed by atoms with Gasteiger partial charge in [0.2, 0.25) is 0 Å². The van der Waals surface area contributed by atoms with E-state index in [1.165, 1.54) is 24.3 Å². The average molecular weight is 547 g/mol. The number of hydrogen-bond acceptors (Lipinski definition) is 6. The smallest absolute Gasteiger partial charge is 0.317 e. The molecule has 0 saturated heterocycles. The van der Waals surface area contributed by atoms with E-state index < -0.39 is 10.0 Å². The number of anilines is 1. The summed E-state index contributed by atoms with van der Waals surface area (Å²) in [5.41, 5.74) is 0.532. The second-order valence-corrected chi connectivity index (χ2v) is 11.7. The summed E-state index contributed by atoms with van der Waals surface area (Å²) in [5.74, 6) is -0.132. The molecule has 1 aliphatic heterocycles. The van der Waals surface area contributed by atoms with Gasteiger partial charge in [0, 0.05) is 45.3 Å². The van der Waals surface area contributed by atoms with Gasteiger partial charge in [-0.05, 0) is 45.0 Å². The maximum absolute atomic E-state index is 13.4. The molecule has 0 spiro atoms. The SMILES string of the molecule is CO[C@H]1CN(C)C(=O)c2ccc(NS(=O)(=O)c3ccccc3)cc2OC[C@H](C)N(C(=O)NC(C)C)C[C@H]1C. The Balaban J connectivity index is 1.98. The largest absolute Gasteiger partial charge is 0.491 e. The van der Waals surface area contributed by atoms with Crippen molar-refractivity contribution in [1.29, 1.82) is 0 Å². The number of hydrogen-bond donors (Lipinski definition) is 2. The Morgan fingerprint density at radius 2 is 1.79 bits per heavy atom. The molecule has 2 aromatic carbocycles. The molecule has 0 bridgehead atoms. The fourth-order valence-corrected chi connectivity index (χ4v) is 5.33. The van der Waals surface area contributed by atoms with Crippen LogP contribution in [0.25, 0.3) is 0 Å². The summed E-state index contributed by atoms with van der Waals surface area (Å²) in [5, 5.41) is 2.94. The summed E-state index contributed by atoms with van der Waals surface area (Å²) in [6, 6.07) is 12.0. The van der Waals surface area contributed by atoms with Gasteiger partial charge in [-0.2, -0.15) is 0 Å². The predicted octanol–water partition coefficient (Wildman–Crippen LogP) is 3.41. The van der Waals surface area contributed by atoms with E-state index in [4.69, 9.17) is 9.47 Å². The Labute approximate surface area is 225 Å². The van der Waals surface area contributed by atoms with Crippen molar-refractivity contribution >= 4 is 27.6 Å². The number of rotatable bonds is 5. The van der Waals surface area contributed by atoms with Crippen molar-refractivity contribution in [2.75, 3.05) is 38.6 Å².